The highest BCUT2D eigenvalue weighted by Gasteiger charge is 2.26. The van der Waals surface area contributed by atoms with Crippen molar-refractivity contribution in [2.24, 2.45) is 0 Å². The number of amides is 1. The molecule has 0 aliphatic rings. The van der Waals surface area contributed by atoms with Gasteiger partial charge in [0.2, 0.25) is 10.0 Å². The summed E-state index contributed by atoms with van der Waals surface area (Å²) in [7, 11) is -0.683. The Morgan fingerprint density at radius 3 is 2.37 bits per heavy atom. The summed E-state index contributed by atoms with van der Waals surface area (Å²) in [5.74, 6) is -0.561. The summed E-state index contributed by atoms with van der Waals surface area (Å²) in [6.45, 7) is 0. The predicted octanol–water partition coefficient (Wildman–Crippen LogP) is 6.00. The number of aromatic nitrogens is 2. The van der Waals surface area contributed by atoms with Gasteiger partial charge in [0.05, 0.1) is 28.5 Å². The van der Waals surface area contributed by atoms with Crippen LogP contribution in [0.15, 0.2) is 95.7 Å². The van der Waals surface area contributed by atoms with Crippen molar-refractivity contribution in [1.29, 1.82) is 0 Å². The number of hydrogen-bond acceptors (Lipinski definition) is 5. The molecule has 2 aromatic heterocycles. The van der Waals surface area contributed by atoms with E-state index in [0.29, 0.717) is 27.8 Å². The quantitative estimate of drug-likeness (QED) is 0.266. The summed E-state index contributed by atoms with van der Waals surface area (Å²) < 4.78 is 48.4. The molecular weight excluding hydrogens is 543 g/mol. The number of fused-ring (bicyclic) bond motifs is 2. The first-order chi connectivity index (χ1) is 19.7. The lowest BCUT2D eigenvalue weighted by Crippen LogP contribution is -2.25. The SMILES string of the molecule is CNC(=O)c1c(-c2ccc(F)cc2)oc2cc(N(C)S(C)(=O)=O)c(-c3ccc4ncn(-c5ccccc5)c4c3)cc12. The highest BCUT2D eigenvalue weighted by atomic mass is 32.2. The Hall–Kier alpha value is -4.96. The second kappa shape index (κ2) is 9.90. The third kappa shape index (κ3) is 4.62. The Morgan fingerprint density at radius 2 is 1.68 bits per heavy atom. The molecule has 206 valence electrons. The second-order valence-electron chi connectivity index (χ2n) is 9.64. The van der Waals surface area contributed by atoms with Crippen LogP contribution in [0.25, 0.3) is 50.1 Å². The fourth-order valence-electron chi connectivity index (χ4n) is 4.93. The average molecular weight is 569 g/mol. The molecule has 0 radical (unpaired) electrons. The summed E-state index contributed by atoms with van der Waals surface area (Å²) in [5, 5.41) is 3.14. The molecule has 6 aromatic rings. The normalized spacial score (nSPS) is 11.7. The lowest BCUT2D eigenvalue weighted by molar-refractivity contribution is 0.0964. The number of rotatable bonds is 6. The summed E-state index contributed by atoms with van der Waals surface area (Å²) in [5.41, 5.74) is 5.27. The number of nitrogens with zero attached hydrogens (tertiary/aromatic N) is 3. The number of para-hydroxylation sites is 1. The molecule has 10 heteroatoms. The molecule has 0 aliphatic heterocycles. The predicted molar refractivity (Wildman–Crippen MR) is 158 cm³/mol. The Morgan fingerprint density at radius 1 is 0.976 bits per heavy atom. The number of nitrogens with one attached hydrogen (secondary N) is 1. The van der Waals surface area contributed by atoms with E-state index in [1.165, 1.54) is 42.7 Å². The van der Waals surface area contributed by atoms with Crippen LogP contribution in [0.4, 0.5) is 10.1 Å². The second-order valence-corrected chi connectivity index (χ2v) is 11.7. The van der Waals surface area contributed by atoms with Crippen LogP contribution in [0.3, 0.4) is 0 Å². The highest BCUT2D eigenvalue weighted by Crippen LogP contribution is 2.42. The lowest BCUT2D eigenvalue weighted by Gasteiger charge is -2.21. The van der Waals surface area contributed by atoms with Crippen molar-refractivity contribution in [3.8, 4) is 28.1 Å². The van der Waals surface area contributed by atoms with Crippen molar-refractivity contribution >= 4 is 43.6 Å². The third-order valence-corrected chi connectivity index (χ3v) is 8.29. The van der Waals surface area contributed by atoms with Gasteiger partial charge in [-0.25, -0.2) is 17.8 Å². The Bertz CT molecular complexity index is 2050. The van der Waals surface area contributed by atoms with Crippen molar-refractivity contribution in [2.75, 3.05) is 24.7 Å². The van der Waals surface area contributed by atoms with E-state index in [9.17, 15) is 17.6 Å². The summed E-state index contributed by atoms with van der Waals surface area (Å²) in [6, 6.07) is 24.5. The van der Waals surface area contributed by atoms with Gasteiger partial charge in [-0.15, -0.1) is 0 Å². The van der Waals surface area contributed by atoms with Gasteiger partial charge >= 0.3 is 0 Å². The van der Waals surface area contributed by atoms with Crippen LogP contribution in [0.1, 0.15) is 10.4 Å². The number of benzene rings is 4. The molecule has 0 fully saturated rings. The maximum Gasteiger partial charge on any atom is 0.255 e. The smallest absolute Gasteiger partial charge is 0.255 e. The number of sulfonamides is 1. The van der Waals surface area contributed by atoms with Gasteiger partial charge in [0.1, 0.15) is 23.5 Å². The van der Waals surface area contributed by atoms with E-state index in [1.807, 2.05) is 53.1 Å². The van der Waals surface area contributed by atoms with E-state index in [1.54, 1.807) is 18.5 Å². The molecule has 8 nitrogen and oxygen atoms in total. The number of carbonyl (C=O) groups is 1. The van der Waals surface area contributed by atoms with E-state index >= 15 is 0 Å². The largest absolute Gasteiger partial charge is 0.455 e. The molecular formula is C31H25FN4O4S. The van der Waals surface area contributed by atoms with E-state index in [0.717, 1.165) is 28.5 Å². The first-order valence-electron chi connectivity index (χ1n) is 12.7. The molecule has 41 heavy (non-hydrogen) atoms. The van der Waals surface area contributed by atoms with Gasteiger partial charge in [-0.2, -0.15) is 0 Å². The monoisotopic (exact) mass is 568 g/mol. The van der Waals surface area contributed by atoms with Gasteiger partial charge in [0.25, 0.3) is 5.91 Å². The summed E-state index contributed by atoms with van der Waals surface area (Å²) in [4.78, 5) is 17.7. The molecule has 1 amide bonds. The van der Waals surface area contributed by atoms with Gasteiger partial charge in [0.15, 0.2) is 0 Å². The number of hydrogen-bond donors (Lipinski definition) is 1. The van der Waals surface area contributed by atoms with E-state index in [2.05, 4.69) is 10.3 Å². The van der Waals surface area contributed by atoms with Crippen molar-refractivity contribution in [3.05, 3.63) is 103 Å². The van der Waals surface area contributed by atoms with Crippen molar-refractivity contribution in [2.45, 2.75) is 0 Å². The molecule has 4 aromatic carbocycles. The maximum absolute atomic E-state index is 13.7. The summed E-state index contributed by atoms with van der Waals surface area (Å²) in [6.07, 6.45) is 2.86. The standard InChI is InChI=1S/C31H25FN4O4S/c1-33-31(37)29-24-16-23(20-11-14-25-27(15-20)36(18-34-25)22-7-5-4-6-8-22)26(35(2)41(3,38)39)17-28(24)40-30(29)19-9-12-21(32)13-10-19/h4-18H,1-3H3,(H,33,37). The number of furan rings is 1. The minimum Gasteiger partial charge on any atom is -0.455 e. The lowest BCUT2D eigenvalue weighted by atomic mass is 9.98. The maximum atomic E-state index is 13.7. The number of anilines is 1. The van der Waals surface area contributed by atoms with Crippen molar-refractivity contribution < 1.29 is 22.0 Å². The fourth-order valence-corrected chi connectivity index (χ4v) is 5.44. The van der Waals surface area contributed by atoms with E-state index in [-0.39, 0.29) is 11.3 Å². The van der Waals surface area contributed by atoms with Gasteiger partial charge in [-0.3, -0.25) is 13.7 Å². The molecule has 6 rings (SSSR count). The zero-order chi connectivity index (χ0) is 28.9. The van der Waals surface area contributed by atoms with Crippen LogP contribution in [-0.4, -0.2) is 44.2 Å². The third-order valence-electron chi connectivity index (χ3n) is 7.10. The Labute approximate surface area is 235 Å². The van der Waals surface area contributed by atoms with Crippen LogP contribution in [0.2, 0.25) is 0 Å². The molecule has 0 spiro atoms. The fraction of sp³-hybridized carbons (Fsp3) is 0.0968. The molecule has 0 saturated heterocycles. The van der Waals surface area contributed by atoms with Gasteiger partial charge in [-0.1, -0.05) is 24.3 Å². The van der Waals surface area contributed by atoms with Crippen LogP contribution >= 0.6 is 0 Å². The minimum absolute atomic E-state index is 0.252. The Kier molecular flexibility index (Phi) is 6.34. The number of imidazole rings is 1. The molecule has 0 bridgehead atoms. The topological polar surface area (TPSA) is 97.4 Å². The molecule has 2 heterocycles. The highest BCUT2D eigenvalue weighted by molar-refractivity contribution is 7.92. The average Bonchev–Trinajstić information content (AvgIpc) is 3.57. The van der Waals surface area contributed by atoms with Gasteiger partial charge in [0, 0.05) is 42.4 Å². The van der Waals surface area contributed by atoms with E-state index in [4.69, 9.17) is 4.42 Å². The first kappa shape index (κ1) is 26.3. The van der Waals surface area contributed by atoms with Gasteiger partial charge < -0.3 is 9.73 Å². The molecule has 0 unspecified atom stereocenters. The molecule has 0 aliphatic carbocycles. The molecule has 0 atom stereocenters. The molecule has 1 N–H and O–H groups in total. The van der Waals surface area contributed by atoms with Crippen molar-refractivity contribution in [1.82, 2.24) is 14.9 Å². The zero-order valence-electron chi connectivity index (χ0n) is 22.4. The number of halogens is 1. The zero-order valence-corrected chi connectivity index (χ0v) is 23.2. The van der Waals surface area contributed by atoms with Crippen LogP contribution in [0, 0.1) is 5.82 Å². The van der Waals surface area contributed by atoms with Crippen LogP contribution in [-0.2, 0) is 10.0 Å². The number of carbonyl (C=O) groups excluding carboxylic acids is 1. The van der Waals surface area contributed by atoms with Crippen LogP contribution in [0.5, 0.6) is 0 Å². The first-order valence-corrected chi connectivity index (χ1v) is 14.6. The molecule has 0 saturated carbocycles. The van der Waals surface area contributed by atoms with Gasteiger partial charge in [-0.05, 0) is 60.2 Å². The van der Waals surface area contributed by atoms with Crippen molar-refractivity contribution in [3.63, 3.8) is 0 Å². The van der Waals surface area contributed by atoms with Crippen LogP contribution < -0.4 is 9.62 Å². The minimum atomic E-state index is -3.67. The van der Waals surface area contributed by atoms with E-state index < -0.39 is 21.7 Å². The Balaban J connectivity index is 1.64. The summed E-state index contributed by atoms with van der Waals surface area (Å²) >= 11 is 0.